The standard InChI is InChI=1S/C15H15N3O2.C2H6/c1-10-6-7-15(9-16,14(20)17-10)18-8-11-4-2-3-5-12(11)13(18)19;1-2/h4-5H,1-3,6-8H2,(H,17,20);1-2H3/t15-;/m0./s1. The Balaban J connectivity index is 0.000000847. The molecule has 2 amide bonds. The molecule has 22 heavy (non-hydrogen) atoms. The molecule has 3 rings (SSSR count). The van der Waals surface area contributed by atoms with Crippen LogP contribution < -0.4 is 5.32 Å². The number of hydrogen-bond donors (Lipinski definition) is 1. The minimum absolute atomic E-state index is 0.208. The third-order valence-electron chi connectivity index (χ3n) is 4.16. The first-order chi connectivity index (χ1) is 10.6. The zero-order valence-electron chi connectivity index (χ0n) is 13.1. The molecule has 0 bridgehead atoms. The van der Waals surface area contributed by atoms with Gasteiger partial charge in [-0.05, 0) is 31.3 Å². The fraction of sp³-hybridized carbons (Fsp3) is 0.471. The van der Waals surface area contributed by atoms with Gasteiger partial charge in [0.15, 0.2) is 0 Å². The average molecular weight is 299 g/mol. The lowest BCUT2D eigenvalue weighted by Crippen LogP contribution is -2.60. The molecule has 0 aromatic carbocycles. The number of nitriles is 1. The van der Waals surface area contributed by atoms with Gasteiger partial charge >= 0.3 is 0 Å². The molecule has 0 aromatic heterocycles. The van der Waals surface area contributed by atoms with E-state index in [1.54, 1.807) is 0 Å². The Morgan fingerprint density at radius 1 is 1.32 bits per heavy atom. The molecule has 5 heteroatoms. The second-order valence-electron chi connectivity index (χ2n) is 5.35. The Kier molecular flexibility index (Phi) is 4.51. The lowest BCUT2D eigenvalue weighted by Gasteiger charge is -2.37. The van der Waals surface area contributed by atoms with Gasteiger partial charge in [-0.25, -0.2) is 0 Å². The highest BCUT2D eigenvalue weighted by Crippen LogP contribution is 2.36. The summed E-state index contributed by atoms with van der Waals surface area (Å²) in [5.41, 5.74) is 0.789. The number of nitrogens with one attached hydrogen (secondary N) is 1. The number of allylic oxidation sites excluding steroid dienone is 3. The maximum Gasteiger partial charge on any atom is 0.264 e. The van der Waals surface area contributed by atoms with Gasteiger partial charge in [-0.2, -0.15) is 5.26 Å². The van der Waals surface area contributed by atoms with Crippen molar-refractivity contribution in [3.05, 3.63) is 35.6 Å². The van der Waals surface area contributed by atoms with Crippen molar-refractivity contribution < 1.29 is 9.59 Å². The maximum atomic E-state index is 12.5. The first kappa shape index (κ1) is 16.0. The first-order valence-electron chi connectivity index (χ1n) is 7.70. The first-order valence-corrected chi connectivity index (χ1v) is 7.70. The Morgan fingerprint density at radius 2 is 2.00 bits per heavy atom. The molecule has 5 nitrogen and oxygen atoms in total. The highest BCUT2D eigenvalue weighted by molar-refractivity contribution is 6.06. The summed E-state index contributed by atoms with van der Waals surface area (Å²) in [6.45, 7) is 8.06. The van der Waals surface area contributed by atoms with Gasteiger partial charge in [0.25, 0.3) is 11.8 Å². The Hall–Kier alpha value is -2.35. The van der Waals surface area contributed by atoms with E-state index in [2.05, 4.69) is 18.0 Å². The second-order valence-corrected chi connectivity index (χ2v) is 5.35. The zero-order valence-corrected chi connectivity index (χ0v) is 13.1. The molecule has 0 saturated carbocycles. The van der Waals surface area contributed by atoms with E-state index in [0.717, 1.165) is 18.4 Å². The van der Waals surface area contributed by atoms with Crippen molar-refractivity contribution in [3.8, 4) is 6.07 Å². The van der Waals surface area contributed by atoms with Crippen LogP contribution in [0.4, 0.5) is 0 Å². The normalized spacial score (nSPS) is 27.0. The van der Waals surface area contributed by atoms with E-state index < -0.39 is 11.4 Å². The SMILES string of the molecule is C=C1CC[C@@](C#N)(N2CC3=CCCC=C3C2=O)C(=O)N1.CC. The molecular weight excluding hydrogens is 278 g/mol. The van der Waals surface area contributed by atoms with E-state index >= 15 is 0 Å². The third kappa shape index (κ3) is 2.35. The molecule has 1 atom stereocenters. The monoisotopic (exact) mass is 299 g/mol. The van der Waals surface area contributed by atoms with Crippen LogP contribution in [0.3, 0.4) is 0 Å². The summed E-state index contributed by atoms with van der Waals surface area (Å²) in [7, 11) is 0. The van der Waals surface area contributed by atoms with Crippen LogP contribution in [0.1, 0.15) is 39.5 Å². The summed E-state index contributed by atoms with van der Waals surface area (Å²) < 4.78 is 0. The van der Waals surface area contributed by atoms with Crippen LogP contribution in [-0.2, 0) is 9.59 Å². The number of nitrogens with zero attached hydrogens (tertiary/aromatic N) is 2. The van der Waals surface area contributed by atoms with Gasteiger partial charge in [0, 0.05) is 17.8 Å². The lowest BCUT2D eigenvalue weighted by molar-refractivity contribution is -0.140. The Morgan fingerprint density at radius 3 is 2.59 bits per heavy atom. The molecule has 2 fully saturated rings. The quantitative estimate of drug-likeness (QED) is 0.806. The molecule has 3 aliphatic rings. The van der Waals surface area contributed by atoms with Crippen LogP contribution >= 0.6 is 0 Å². The maximum absolute atomic E-state index is 12.5. The van der Waals surface area contributed by atoms with E-state index in [1.807, 2.05) is 26.0 Å². The molecule has 2 aliphatic heterocycles. The highest BCUT2D eigenvalue weighted by atomic mass is 16.2. The topological polar surface area (TPSA) is 73.2 Å². The smallest absolute Gasteiger partial charge is 0.264 e. The molecule has 0 unspecified atom stereocenters. The summed E-state index contributed by atoms with van der Waals surface area (Å²) in [6, 6.07) is 2.07. The number of carbonyl (C=O) groups is 2. The van der Waals surface area contributed by atoms with Crippen LogP contribution in [0.25, 0.3) is 0 Å². The average Bonchev–Trinajstić information content (AvgIpc) is 2.88. The van der Waals surface area contributed by atoms with Crippen LogP contribution in [0.5, 0.6) is 0 Å². The number of likely N-dealkylation sites (tertiary alicyclic amines) is 1. The van der Waals surface area contributed by atoms with Crippen LogP contribution in [0.15, 0.2) is 35.6 Å². The summed E-state index contributed by atoms with van der Waals surface area (Å²) in [6.07, 6.45) is 6.49. The summed E-state index contributed by atoms with van der Waals surface area (Å²) in [5, 5.41) is 12.1. The van der Waals surface area contributed by atoms with E-state index in [1.165, 1.54) is 4.90 Å². The van der Waals surface area contributed by atoms with Crippen LogP contribution in [0, 0.1) is 11.3 Å². The van der Waals surface area contributed by atoms with Gasteiger partial charge in [-0.3, -0.25) is 9.59 Å². The predicted octanol–water partition coefficient (Wildman–Crippen LogP) is 2.19. The number of amides is 2. The number of carbonyl (C=O) groups excluding carboxylic acids is 2. The number of piperidine rings is 1. The van der Waals surface area contributed by atoms with Gasteiger partial charge in [-0.15, -0.1) is 0 Å². The van der Waals surface area contributed by atoms with Gasteiger partial charge in [-0.1, -0.05) is 32.6 Å². The van der Waals surface area contributed by atoms with Crippen molar-refractivity contribution >= 4 is 11.8 Å². The molecular formula is C17H21N3O2. The minimum Gasteiger partial charge on any atom is -0.327 e. The largest absolute Gasteiger partial charge is 0.327 e. The van der Waals surface area contributed by atoms with E-state index in [4.69, 9.17) is 0 Å². The Labute approximate surface area is 131 Å². The Bertz CT molecular complexity index is 624. The summed E-state index contributed by atoms with van der Waals surface area (Å²) in [4.78, 5) is 26.2. The molecule has 1 N–H and O–H groups in total. The van der Waals surface area contributed by atoms with Crippen molar-refractivity contribution in [1.82, 2.24) is 10.2 Å². The van der Waals surface area contributed by atoms with Crippen LogP contribution in [0.2, 0.25) is 0 Å². The number of hydrogen-bond acceptors (Lipinski definition) is 3. The zero-order chi connectivity index (χ0) is 16.3. The van der Waals surface area contributed by atoms with Crippen molar-refractivity contribution in [2.75, 3.05) is 6.54 Å². The van der Waals surface area contributed by atoms with E-state index in [-0.39, 0.29) is 5.91 Å². The minimum atomic E-state index is -1.41. The van der Waals surface area contributed by atoms with E-state index in [0.29, 0.717) is 30.7 Å². The molecule has 116 valence electrons. The highest BCUT2D eigenvalue weighted by Gasteiger charge is 2.52. The molecule has 0 aromatic rings. The van der Waals surface area contributed by atoms with Gasteiger partial charge in [0.1, 0.15) is 6.07 Å². The van der Waals surface area contributed by atoms with Crippen molar-refractivity contribution in [2.45, 2.75) is 45.1 Å². The molecule has 2 heterocycles. The van der Waals surface area contributed by atoms with Gasteiger partial charge < -0.3 is 10.2 Å². The van der Waals surface area contributed by atoms with Crippen molar-refractivity contribution in [2.24, 2.45) is 0 Å². The third-order valence-corrected chi connectivity index (χ3v) is 4.16. The van der Waals surface area contributed by atoms with Gasteiger partial charge in [0.2, 0.25) is 5.54 Å². The van der Waals surface area contributed by atoms with Crippen molar-refractivity contribution in [3.63, 3.8) is 0 Å². The van der Waals surface area contributed by atoms with Gasteiger partial charge in [0.05, 0.1) is 0 Å². The fourth-order valence-electron chi connectivity index (χ4n) is 2.99. The van der Waals surface area contributed by atoms with Crippen molar-refractivity contribution in [1.29, 1.82) is 5.26 Å². The number of fused-ring (bicyclic) bond motifs is 1. The summed E-state index contributed by atoms with van der Waals surface area (Å²) >= 11 is 0. The second kappa shape index (κ2) is 6.18. The van der Waals surface area contributed by atoms with E-state index in [9.17, 15) is 14.9 Å². The lowest BCUT2D eigenvalue weighted by atomic mass is 9.87. The summed E-state index contributed by atoms with van der Waals surface area (Å²) in [5.74, 6) is -0.649. The number of rotatable bonds is 1. The molecule has 2 saturated heterocycles. The molecule has 0 spiro atoms. The fourth-order valence-corrected chi connectivity index (χ4v) is 2.99. The molecule has 1 aliphatic carbocycles. The predicted molar refractivity (Wildman–Crippen MR) is 83.3 cm³/mol. The van der Waals surface area contributed by atoms with Crippen LogP contribution in [-0.4, -0.2) is 28.8 Å². The molecule has 0 radical (unpaired) electrons.